The molecule has 0 aliphatic carbocycles. The molecule has 9 heteroatoms. The van der Waals surface area contributed by atoms with Crippen LogP contribution in [0, 0.1) is 0 Å². The molecule has 0 saturated heterocycles. The number of allylic oxidation sites excluding steroid dienone is 2. The van der Waals surface area contributed by atoms with Gasteiger partial charge in [0.1, 0.15) is 0 Å². The van der Waals surface area contributed by atoms with Gasteiger partial charge in [-0.1, -0.05) is 6.08 Å². The normalized spacial score (nSPS) is 17.5. The zero-order valence-electron chi connectivity index (χ0n) is 9.17. The van der Waals surface area contributed by atoms with Crippen LogP contribution in [0.5, 0.6) is 0 Å². The number of rotatable bonds is 4. The minimum absolute atomic E-state index is 0.316. The lowest BCUT2D eigenvalue weighted by Crippen LogP contribution is -2.20. The first-order chi connectivity index (χ1) is 7.60. The summed E-state index contributed by atoms with van der Waals surface area (Å²) in [6.45, 7) is 0.396. The molecule has 0 amide bonds. The highest BCUT2D eigenvalue weighted by Crippen LogP contribution is 2.62. The van der Waals surface area contributed by atoms with E-state index in [9.17, 15) is 9.13 Å². The third-order valence-corrected chi connectivity index (χ3v) is 6.07. The first kappa shape index (κ1) is 14.6. The quantitative estimate of drug-likeness (QED) is 0.553. The van der Waals surface area contributed by atoms with E-state index in [4.69, 9.17) is 19.6 Å². The van der Waals surface area contributed by atoms with E-state index in [1.807, 2.05) is 0 Å². The lowest BCUT2D eigenvalue weighted by Gasteiger charge is -2.24. The summed E-state index contributed by atoms with van der Waals surface area (Å²) in [6, 6.07) is 0. The highest BCUT2D eigenvalue weighted by atomic mass is 31.2. The van der Waals surface area contributed by atoms with Crippen LogP contribution in [-0.2, 0) is 9.13 Å². The van der Waals surface area contributed by atoms with Crippen LogP contribution in [0.4, 0.5) is 0 Å². The van der Waals surface area contributed by atoms with Gasteiger partial charge in [0.25, 0.3) is 0 Å². The highest BCUT2D eigenvalue weighted by molar-refractivity contribution is 7.70. The second kappa shape index (κ2) is 5.06. The maximum absolute atomic E-state index is 11.1. The molecule has 0 aromatic heterocycles. The lowest BCUT2D eigenvalue weighted by atomic mass is 10.1. The summed E-state index contributed by atoms with van der Waals surface area (Å²) in [6.07, 6.45) is 4.71. The summed E-state index contributed by atoms with van der Waals surface area (Å²) in [4.78, 5) is 37.6. The van der Waals surface area contributed by atoms with Gasteiger partial charge in [0.2, 0.25) is 0 Å². The predicted molar refractivity (Wildman–Crippen MR) is 62.3 cm³/mol. The van der Waals surface area contributed by atoms with Crippen LogP contribution >= 0.6 is 15.2 Å². The highest BCUT2D eigenvalue weighted by Gasteiger charge is 2.43. The van der Waals surface area contributed by atoms with Gasteiger partial charge in [0.05, 0.1) is 0 Å². The molecule has 0 aromatic rings. The van der Waals surface area contributed by atoms with Crippen molar-refractivity contribution in [2.75, 3.05) is 13.6 Å². The molecule has 4 N–H and O–H groups in total. The number of nitrogens with zero attached hydrogens (tertiary/aromatic N) is 1. The van der Waals surface area contributed by atoms with Gasteiger partial charge in [0.15, 0.2) is 5.40 Å². The minimum Gasteiger partial charge on any atom is -0.376 e. The van der Waals surface area contributed by atoms with Crippen molar-refractivity contribution in [2.24, 2.45) is 0 Å². The Morgan fingerprint density at radius 3 is 2.24 bits per heavy atom. The molecular weight excluding hydrogens is 268 g/mol. The molecule has 0 spiro atoms. The summed E-state index contributed by atoms with van der Waals surface area (Å²) in [5, 5.41) is -1.96. The Morgan fingerprint density at radius 2 is 1.82 bits per heavy atom. The molecule has 17 heavy (non-hydrogen) atoms. The van der Waals surface area contributed by atoms with Gasteiger partial charge in [-0.25, -0.2) is 0 Å². The molecule has 1 aliphatic heterocycles. The van der Waals surface area contributed by atoms with Crippen LogP contribution in [0.25, 0.3) is 0 Å². The van der Waals surface area contributed by atoms with Crippen molar-refractivity contribution in [1.82, 2.24) is 4.90 Å². The van der Waals surface area contributed by atoms with E-state index in [2.05, 4.69) is 0 Å². The van der Waals surface area contributed by atoms with Crippen LogP contribution in [0.15, 0.2) is 23.9 Å². The van der Waals surface area contributed by atoms with E-state index in [0.29, 0.717) is 12.1 Å². The molecule has 0 aromatic carbocycles. The lowest BCUT2D eigenvalue weighted by molar-refractivity contribution is 0.336. The van der Waals surface area contributed by atoms with Gasteiger partial charge in [0, 0.05) is 13.6 Å². The molecule has 0 fully saturated rings. The van der Waals surface area contributed by atoms with Crippen LogP contribution in [-0.4, -0.2) is 43.5 Å². The third-order valence-electron chi connectivity index (χ3n) is 2.35. The van der Waals surface area contributed by atoms with Gasteiger partial charge < -0.3 is 24.5 Å². The molecule has 1 heterocycles. The van der Waals surface area contributed by atoms with E-state index in [-0.39, 0.29) is 6.42 Å². The fraction of sp³-hybridized carbons (Fsp3) is 0.500. The Bertz CT molecular complexity index is 411. The monoisotopic (exact) mass is 283 g/mol. The molecule has 0 atom stereocenters. The van der Waals surface area contributed by atoms with Crippen molar-refractivity contribution < 1.29 is 28.7 Å². The molecule has 0 bridgehead atoms. The van der Waals surface area contributed by atoms with E-state index in [0.717, 1.165) is 0 Å². The van der Waals surface area contributed by atoms with Gasteiger partial charge in [-0.2, -0.15) is 0 Å². The Labute approximate surface area is 98.8 Å². The fourth-order valence-electron chi connectivity index (χ4n) is 1.55. The molecule has 1 aliphatic rings. The Hall–Kier alpha value is -0.420. The summed E-state index contributed by atoms with van der Waals surface area (Å²) in [7, 11) is -7.90. The predicted octanol–water partition coefficient (Wildman–Crippen LogP) is 0.443. The second-order valence-electron chi connectivity index (χ2n) is 3.94. The van der Waals surface area contributed by atoms with Crippen molar-refractivity contribution in [3.63, 3.8) is 0 Å². The van der Waals surface area contributed by atoms with Gasteiger partial charge >= 0.3 is 15.2 Å². The number of hydrogen-bond acceptors (Lipinski definition) is 3. The molecule has 0 saturated carbocycles. The Balaban J connectivity index is 2.89. The smallest absolute Gasteiger partial charge is 0.341 e. The second-order valence-corrected chi connectivity index (χ2v) is 7.95. The molecule has 1 rings (SSSR count). The molecular formula is C8H15NO6P2. The average Bonchev–Trinajstić information content (AvgIpc) is 2.10. The van der Waals surface area contributed by atoms with Crippen molar-refractivity contribution in [1.29, 1.82) is 0 Å². The van der Waals surface area contributed by atoms with Crippen molar-refractivity contribution in [3.05, 3.63) is 23.9 Å². The first-order valence-electron chi connectivity index (χ1n) is 4.77. The molecule has 0 unspecified atom stereocenters. The first-order valence-corrected chi connectivity index (χ1v) is 8.14. The molecule has 98 valence electrons. The maximum atomic E-state index is 11.1. The average molecular weight is 283 g/mol. The van der Waals surface area contributed by atoms with Crippen molar-refractivity contribution >= 4 is 15.2 Å². The van der Waals surface area contributed by atoms with Crippen molar-refractivity contribution in [3.8, 4) is 0 Å². The molecule has 7 nitrogen and oxygen atoms in total. The number of likely N-dealkylation sites (N-methyl/N-ethyl adjacent to an activating group) is 1. The maximum Gasteiger partial charge on any atom is 0.341 e. The largest absolute Gasteiger partial charge is 0.376 e. The summed E-state index contributed by atoms with van der Waals surface area (Å²) in [5.41, 5.74) is 0.576. The Morgan fingerprint density at radius 1 is 1.29 bits per heavy atom. The van der Waals surface area contributed by atoms with Crippen LogP contribution < -0.4 is 0 Å². The zero-order valence-corrected chi connectivity index (χ0v) is 11.0. The van der Waals surface area contributed by atoms with Gasteiger partial charge in [-0.05, 0) is 24.3 Å². The van der Waals surface area contributed by atoms with Crippen molar-refractivity contribution in [2.45, 2.75) is 11.8 Å². The zero-order chi connectivity index (χ0) is 13.3. The van der Waals surface area contributed by atoms with E-state index < -0.39 is 20.6 Å². The van der Waals surface area contributed by atoms with E-state index >= 15 is 0 Å². The van der Waals surface area contributed by atoms with Gasteiger partial charge in [-0.15, -0.1) is 0 Å². The summed E-state index contributed by atoms with van der Waals surface area (Å²) >= 11 is 0. The van der Waals surface area contributed by atoms with E-state index in [1.54, 1.807) is 30.3 Å². The minimum atomic E-state index is -4.83. The van der Waals surface area contributed by atoms with Crippen LogP contribution in [0.2, 0.25) is 0 Å². The van der Waals surface area contributed by atoms with Crippen LogP contribution in [0.3, 0.4) is 0 Å². The SMILES string of the molecule is CN1C=CC=C(CC(P(=O)(O)O)P(=O)(O)O)C1. The van der Waals surface area contributed by atoms with Crippen LogP contribution in [0.1, 0.15) is 6.42 Å². The van der Waals surface area contributed by atoms with Gasteiger partial charge in [-0.3, -0.25) is 9.13 Å². The summed E-state index contributed by atoms with van der Waals surface area (Å²) in [5.74, 6) is 0. The van der Waals surface area contributed by atoms with E-state index in [1.165, 1.54) is 0 Å². The summed E-state index contributed by atoms with van der Waals surface area (Å²) < 4.78 is 22.2. The topological polar surface area (TPSA) is 118 Å². The fourth-order valence-corrected chi connectivity index (χ4v) is 4.06. The Kier molecular flexibility index (Phi) is 4.36. The third kappa shape index (κ3) is 4.39. The standard InChI is InChI=1S/C8H15NO6P2/c1-9-4-2-3-7(6-9)5-8(16(10,11)12)17(13,14)15/h2-4,8H,5-6H2,1H3,(H2,10,11,12)(H2,13,14,15). The number of hydrogen-bond donors (Lipinski definition) is 4. The molecule has 0 radical (unpaired) electrons.